The first kappa shape index (κ1) is 15.6. The van der Waals surface area contributed by atoms with E-state index in [1.807, 2.05) is 41.5 Å². The summed E-state index contributed by atoms with van der Waals surface area (Å²) in [4.78, 5) is 11.7. The second kappa shape index (κ2) is 5.80. The summed E-state index contributed by atoms with van der Waals surface area (Å²) in [6, 6.07) is 0. The lowest BCUT2D eigenvalue weighted by Crippen LogP contribution is -2.36. The van der Waals surface area contributed by atoms with E-state index in [0.29, 0.717) is 5.92 Å². The highest BCUT2D eigenvalue weighted by Crippen LogP contribution is 2.16. The predicted octanol–water partition coefficient (Wildman–Crippen LogP) is 2.51. The molecule has 0 saturated heterocycles. The number of carbonyl (C=O) groups is 1. The number of hydrogen-bond acceptors (Lipinski definition) is 3. The second-order valence-corrected chi connectivity index (χ2v) is 7.56. The molecule has 0 rings (SSSR count). The lowest BCUT2D eigenvalue weighted by atomic mass is 10.2. The van der Waals surface area contributed by atoms with Crippen molar-refractivity contribution in [2.24, 2.45) is 5.92 Å². The van der Waals surface area contributed by atoms with Crippen LogP contribution in [0.1, 0.15) is 48.5 Å². The van der Waals surface area contributed by atoms with Gasteiger partial charge in [0.15, 0.2) is 0 Å². The molecule has 3 unspecified atom stereocenters. The van der Waals surface area contributed by atoms with Crippen LogP contribution < -0.4 is 0 Å². The summed E-state index contributed by atoms with van der Waals surface area (Å²) in [6.45, 7) is 13.0. The molecule has 0 aromatic rings. The van der Waals surface area contributed by atoms with Crippen LogP contribution in [0.5, 0.6) is 0 Å². The van der Waals surface area contributed by atoms with Gasteiger partial charge < -0.3 is 4.74 Å². The normalized spacial score (nSPS) is 18.0. The molecule has 0 aliphatic carbocycles. The van der Waals surface area contributed by atoms with Crippen LogP contribution >= 0.6 is 0 Å². The summed E-state index contributed by atoms with van der Waals surface area (Å²) in [5, 5.41) is -0.556. The van der Waals surface area contributed by atoms with E-state index < -0.39 is 21.7 Å². The average molecular weight is 248 g/mol. The number of carbonyl (C=O) groups excluding carboxylic acids is 1. The summed E-state index contributed by atoms with van der Waals surface area (Å²) in [7, 11) is -1.18. The Balaban J connectivity index is 4.51. The molecule has 0 bridgehead atoms. The maximum absolute atomic E-state index is 12.0. The summed E-state index contributed by atoms with van der Waals surface area (Å²) in [5.41, 5.74) is -0.517. The van der Waals surface area contributed by atoms with E-state index in [9.17, 15) is 9.00 Å². The Labute approximate surface area is 101 Å². The van der Waals surface area contributed by atoms with E-state index in [2.05, 4.69) is 0 Å². The minimum atomic E-state index is -1.18. The monoisotopic (exact) mass is 248 g/mol. The van der Waals surface area contributed by atoms with Gasteiger partial charge in [0.2, 0.25) is 0 Å². The molecule has 0 heterocycles. The molecule has 0 aliphatic heterocycles. The summed E-state index contributed by atoms with van der Waals surface area (Å²) in [6.07, 6.45) is 0. The molecule has 0 radical (unpaired) electrons. The van der Waals surface area contributed by atoms with Crippen molar-refractivity contribution in [2.75, 3.05) is 0 Å². The molecule has 96 valence electrons. The van der Waals surface area contributed by atoms with Gasteiger partial charge in [-0.3, -0.25) is 9.00 Å². The Bertz CT molecular complexity index is 266. The Morgan fingerprint density at radius 2 is 1.56 bits per heavy atom. The van der Waals surface area contributed by atoms with Gasteiger partial charge in [0.1, 0.15) is 10.9 Å². The molecular formula is C12H24O3S. The first-order valence-electron chi connectivity index (χ1n) is 5.68. The molecule has 0 N–H and O–H groups in total. The fourth-order valence-corrected chi connectivity index (χ4v) is 2.49. The molecule has 0 aromatic heterocycles. The molecular weight excluding hydrogens is 224 g/mol. The van der Waals surface area contributed by atoms with Gasteiger partial charge in [-0.05, 0) is 33.6 Å². The number of rotatable bonds is 4. The van der Waals surface area contributed by atoms with Crippen LogP contribution in [0.3, 0.4) is 0 Å². The van der Waals surface area contributed by atoms with Gasteiger partial charge in [-0.1, -0.05) is 20.8 Å². The van der Waals surface area contributed by atoms with Crippen molar-refractivity contribution in [1.82, 2.24) is 0 Å². The zero-order chi connectivity index (χ0) is 13.1. The smallest absolute Gasteiger partial charge is 0.321 e. The molecule has 0 spiro atoms. The standard InChI is InChI=1S/C12H24O3S/c1-8(2)9(3)16(14)10(4)11(13)15-12(5,6)7/h8-10H,1-7H3. The Hall–Kier alpha value is -0.380. The van der Waals surface area contributed by atoms with Gasteiger partial charge in [0, 0.05) is 16.0 Å². The number of hydrogen-bond donors (Lipinski definition) is 0. The zero-order valence-corrected chi connectivity index (χ0v) is 12.2. The Morgan fingerprint density at radius 1 is 1.12 bits per heavy atom. The van der Waals surface area contributed by atoms with Crippen LogP contribution in [0.25, 0.3) is 0 Å². The lowest BCUT2D eigenvalue weighted by Gasteiger charge is -2.24. The van der Waals surface area contributed by atoms with E-state index in [0.717, 1.165) is 0 Å². The van der Waals surface area contributed by atoms with E-state index >= 15 is 0 Å². The van der Waals surface area contributed by atoms with E-state index in [1.165, 1.54) is 0 Å². The zero-order valence-electron chi connectivity index (χ0n) is 11.4. The van der Waals surface area contributed by atoms with Crippen molar-refractivity contribution < 1.29 is 13.7 Å². The Kier molecular flexibility index (Phi) is 5.66. The van der Waals surface area contributed by atoms with E-state index in [-0.39, 0.29) is 11.2 Å². The fraction of sp³-hybridized carbons (Fsp3) is 0.917. The van der Waals surface area contributed by atoms with Gasteiger partial charge in [0.25, 0.3) is 0 Å². The van der Waals surface area contributed by atoms with Crippen molar-refractivity contribution in [3.8, 4) is 0 Å². The van der Waals surface area contributed by atoms with Crippen LogP contribution in [-0.2, 0) is 20.3 Å². The summed E-state index contributed by atoms with van der Waals surface area (Å²) >= 11 is 0. The highest BCUT2D eigenvalue weighted by molar-refractivity contribution is 7.87. The highest BCUT2D eigenvalue weighted by atomic mass is 32.2. The first-order valence-corrected chi connectivity index (χ1v) is 6.96. The second-order valence-electron chi connectivity index (χ2n) is 5.45. The van der Waals surface area contributed by atoms with Gasteiger partial charge in [0.05, 0.1) is 0 Å². The van der Waals surface area contributed by atoms with Crippen LogP contribution in [0, 0.1) is 5.92 Å². The van der Waals surface area contributed by atoms with Crippen molar-refractivity contribution in [1.29, 1.82) is 0 Å². The Morgan fingerprint density at radius 3 is 1.88 bits per heavy atom. The van der Waals surface area contributed by atoms with Crippen molar-refractivity contribution in [3.05, 3.63) is 0 Å². The molecule has 0 aromatic carbocycles. The first-order chi connectivity index (χ1) is 7.06. The highest BCUT2D eigenvalue weighted by Gasteiger charge is 2.29. The third-order valence-electron chi connectivity index (χ3n) is 2.39. The fourth-order valence-electron chi connectivity index (χ4n) is 1.07. The molecule has 0 saturated carbocycles. The SMILES string of the molecule is CC(C)C(C)S(=O)C(C)C(=O)OC(C)(C)C. The topological polar surface area (TPSA) is 43.4 Å². The van der Waals surface area contributed by atoms with E-state index in [4.69, 9.17) is 4.74 Å². The number of ether oxygens (including phenoxy) is 1. The number of esters is 1. The molecule has 0 fully saturated rings. The summed E-state index contributed by atoms with van der Waals surface area (Å²) < 4.78 is 17.2. The third kappa shape index (κ3) is 5.10. The average Bonchev–Trinajstić information content (AvgIpc) is 2.11. The molecule has 16 heavy (non-hydrogen) atoms. The molecule has 3 nitrogen and oxygen atoms in total. The summed E-state index contributed by atoms with van der Waals surface area (Å²) in [5.74, 6) is -0.0796. The van der Waals surface area contributed by atoms with Crippen molar-refractivity contribution >= 4 is 16.8 Å². The van der Waals surface area contributed by atoms with Gasteiger partial charge >= 0.3 is 5.97 Å². The van der Waals surface area contributed by atoms with Gasteiger partial charge in [-0.15, -0.1) is 0 Å². The van der Waals surface area contributed by atoms with Crippen molar-refractivity contribution in [2.45, 2.75) is 64.6 Å². The van der Waals surface area contributed by atoms with Crippen LogP contribution in [-0.4, -0.2) is 26.3 Å². The van der Waals surface area contributed by atoms with Gasteiger partial charge in [-0.2, -0.15) is 0 Å². The largest absolute Gasteiger partial charge is 0.459 e. The lowest BCUT2D eigenvalue weighted by molar-refractivity contribution is -0.153. The molecule has 4 heteroatoms. The molecule has 0 aliphatic rings. The van der Waals surface area contributed by atoms with Gasteiger partial charge in [-0.25, -0.2) is 0 Å². The van der Waals surface area contributed by atoms with Crippen LogP contribution in [0.15, 0.2) is 0 Å². The van der Waals surface area contributed by atoms with Crippen LogP contribution in [0.4, 0.5) is 0 Å². The predicted molar refractivity (Wildman–Crippen MR) is 67.7 cm³/mol. The quantitative estimate of drug-likeness (QED) is 0.718. The molecule has 3 atom stereocenters. The maximum atomic E-state index is 12.0. The maximum Gasteiger partial charge on any atom is 0.321 e. The van der Waals surface area contributed by atoms with Crippen LogP contribution in [0.2, 0.25) is 0 Å². The third-order valence-corrected chi connectivity index (χ3v) is 4.56. The van der Waals surface area contributed by atoms with E-state index in [1.54, 1.807) is 6.92 Å². The minimum absolute atomic E-state index is 0.00233. The minimum Gasteiger partial charge on any atom is -0.459 e. The molecule has 0 amide bonds. The van der Waals surface area contributed by atoms with Crippen molar-refractivity contribution in [3.63, 3.8) is 0 Å².